The van der Waals surface area contributed by atoms with Crippen LogP contribution in [0.4, 0.5) is 8.78 Å². The molecule has 0 radical (unpaired) electrons. The van der Waals surface area contributed by atoms with Crippen molar-refractivity contribution in [2.45, 2.75) is 51.2 Å². The number of aromatic nitrogens is 2. The predicted octanol–water partition coefficient (Wildman–Crippen LogP) is 6.86. The number of carbonyl (C=O) groups is 1. The molecule has 0 atom stereocenters. The molecule has 1 aliphatic rings. The smallest absolute Gasteiger partial charge is 0.266 e. The number of hydrogen-bond acceptors (Lipinski definition) is 6. The summed E-state index contributed by atoms with van der Waals surface area (Å²) in [4.78, 5) is 24.3. The van der Waals surface area contributed by atoms with Gasteiger partial charge < -0.3 is 15.0 Å². The van der Waals surface area contributed by atoms with E-state index in [-0.39, 0.29) is 38.5 Å². The van der Waals surface area contributed by atoms with E-state index in [1.165, 1.54) is 6.33 Å². The minimum absolute atomic E-state index is 0.0447. The zero-order chi connectivity index (χ0) is 27.5. The van der Waals surface area contributed by atoms with Crippen molar-refractivity contribution in [2.24, 2.45) is 0 Å². The van der Waals surface area contributed by atoms with Gasteiger partial charge in [-0.2, -0.15) is 0 Å². The van der Waals surface area contributed by atoms with E-state index in [4.69, 9.17) is 16.3 Å². The van der Waals surface area contributed by atoms with Gasteiger partial charge in [-0.25, -0.2) is 18.7 Å². The molecule has 0 spiro atoms. The summed E-state index contributed by atoms with van der Waals surface area (Å²) in [6, 6.07) is 8.21. The summed E-state index contributed by atoms with van der Waals surface area (Å²) in [5.41, 5.74) is 2.55. The summed E-state index contributed by atoms with van der Waals surface area (Å²) < 4.78 is 35.2. The van der Waals surface area contributed by atoms with Gasteiger partial charge in [0.1, 0.15) is 28.6 Å². The largest absolute Gasteiger partial charge is 0.494 e. The molecular weight excluding hydrogens is 542 g/mol. The molecule has 0 bridgehead atoms. The normalized spacial score (nSPS) is 17.4. The summed E-state index contributed by atoms with van der Waals surface area (Å²) in [6.07, 6.45) is 8.34. The Bertz CT molecular complexity index is 1480. The first-order valence-corrected chi connectivity index (χ1v) is 14.2. The van der Waals surface area contributed by atoms with Crippen molar-refractivity contribution >= 4 is 38.9 Å². The van der Waals surface area contributed by atoms with Crippen LogP contribution in [0.15, 0.2) is 49.1 Å². The Labute approximate surface area is 235 Å². The molecule has 1 N–H and O–H groups in total. The van der Waals surface area contributed by atoms with Crippen LogP contribution >= 0.6 is 22.9 Å². The van der Waals surface area contributed by atoms with Gasteiger partial charge in [0, 0.05) is 42.1 Å². The number of ether oxygens (including phenoxy) is 1. The number of carbonyl (C=O) groups excluding carboxylic acids is 1. The first kappa shape index (κ1) is 27.4. The molecule has 2 heterocycles. The highest BCUT2D eigenvalue weighted by molar-refractivity contribution is 7.21. The SMILES string of the molecule is CCOc1ccc(-c2cncnc2)cc1CN(C(=O)c1sc2c(F)ccc(F)c2c1Cl)C1CCC(NC)CC1. The molecule has 4 aromatic rings. The number of nitrogens with zero attached hydrogens (tertiary/aromatic N) is 3. The molecule has 5 rings (SSSR count). The second-order valence-corrected chi connectivity index (χ2v) is 11.0. The fraction of sp³-hybridized carbons (Fsp3) is 0.345. The fourth-order valence-corrected chi connectivity index (χ4v) is 6.72. The number of halogens is 3. The van der Waals surface area contributed by atoms with E-state index >= 15 is 0 Å². The van der Waals surface area contributed by atoms with Gasteiger partial charge in [-0.05, 0) is 69.5 Å². The number of amides is 1. The van der Waals surface area contributed by atoms with E-state index in [1.54, 1.807) is 17.3 Å². The Kier molecular flexibility index (Phi) is 8.40. The van der Waals surface area contributed by atoms with E-state index in [0.29, 0.717) is 18.4 Å². The Balaban J connectivity index is 1.57. The van der Waals surface area contributed by atoms with Crippen molar-refractivity contribution < 1.29 is 18.3 Å². The lowest BCUT2D eigenvalue weighted by Gasteiger charge is -2.37. The van der Waals surface area contributed by atoms with Crippen LogP contribution in [0.1, 0.15) is 47.8 Å². The summed E-state index contributed by atoms with van der Waals surface area (Å²) in [7, 11) is 1.95. The maximum Gasteiger partial charge on any atom is 0.266 e. The Hall–Kier alpha value is -3.14. The Morgan fingerprint density at radius 3 is 2.49 bits per heavy atom. The number of rotatable bonds is 8. The number of hydrogen-bond donors (Lipinski definition) is 1. The lowest BCUT2D eigenvalue weighted by molar-refractivity contribution is 0.0604. The fourth-order valence-electron chi connectivity index (χ4n) is 5.22. The van der Waals surface area contributed by atoms with Crippen LogP contribution in [0.5, 0.6) is 5.75 Å². The molecule has 1 aliphatic carbocycles. The lowest BCUT2D eigenvalue weighted by Crippen LogP contribution is -2.44. The van der Waals surface area contributed by atoms with E-state index in [0.717, 1.165) is 65.8 Å². The van der Waals surface area contributed by atoms with Crippen LogP contribution < -0.4 is 10.1 Å². The van der Waals surface area contributed by atoms with Gasteiger partial charge in [0.2, 0.25) is 0 Å². The molecule has 1 fully saturated rings. The molecule has 204 valence electrons. The van der Waals surface area contributed by atoms with Gasteiger partial charge in [0.15, 0.2) is 0 Å². The van der Waals surface area contributed by atoms with Gasteiger partial charge in [0.25, 0.3) is 5.91 Å². The average Bonchev–Trinajstić information content (AvgIpc) is 3.33. The first-order valence-electron chi connectivity index (χ1n) is 13.0. The summed E-state index contributed by atoms with van der Waals surface area (Å²) in [5.74, 6) is -0.929. The second kappa shape index (κ2) is 11.9. The maximum atomic E-state index is 14.6. The monoisotopic (exact) mass is 570 g/mol. The quantitative estimate of drug-likeness (QED) is 0.251. The Morgan fingerprint density at radius 1 is 1.10 bits per heavy atom. The molecule has 0 unspecified atom stereocenters. The standard InChI is InChI=1S/C29H29ClF2N4O2S/c1-3-38-24-11-4-17(19-13-34-16-35-14-19)12-18(24)15-36(21-7-5-20(33-2)6-8-21)29(37)28-26(30)25-22(31)9-10-23(32)27(25)39-28/h4,9-14,16,20-21,33H,3,5-8,15H2,1-2H3. The molecule has 0 aliphatic heterocycles. The third-order valence-electron chi connectivity index (χ3n) is 7.28. The van der Waals surface area contributed by atoms with Crippen molar-refractivity contribution in [1.82, 2.24) is 20.2 Å². The topological polar surface area (TPSA) is 67.4 Å². The molecule has 0 saturated heterocycles. The van der Waals surface area contributed by atoms with Crippen LogP contribution in [0.25, 0.3) is 21.2 Å². The van der Waals surface area contributed by atoms with Gasteiger partial charge in [-0.3, -0.25) is 4.79 Å². The highest BCUT2D eigenvalue weighted by Crippen LogP contribution is 2.40. The first-order chi connectivity index (χ1) is 18.9. The number of thiophene rings is 1. The van der Waals surface area contributed by atoms with Crippen LogP contribution in [-0.2, 0) is 6.54 Å². The van der Waals surface area contributed by atoms with Crippen molar-refractivity contribution in [3.63, 3.8) is 0 Å². The van der Waals surface area contributed by atoms with Crippen molar-refractivity contribution in [2.75, 3.05) is 13.7 Å². The Morgan fingerprint density at radius 2 is 1.82 bits per heavy atom. The zero-order valence-electron chi connectivity index (χ0n) is 21.7. The van der Waals surface area contributed by atoms with Gasteiger partial charge in [-0.1, -0.05) is 17.7 Å². The summed E-state index contributed by atoms with van der Waals surface area (Å²) in [6.45, 7) is 2.62. The lowest BCUT2D eigenvalue weighted by atomic mass is 9.89. The molecule has 10 heteroatoms. The van der Waals surface area contributed by atoms with E-state index in [1.807, 2.05) is 32.2 Å². The van der Waals surface area contributed by atoms with Crippen LogP contribution in [0.2, 0.25) is 5.02 Å². The highest BCUT2D eigenvalue weighted by Gasteiger charge is 2.33. The molecule has 6 nitrogen and oxygen atoms in total. The van der Waals surface area contributed by atoms with Crippen molar-refractivity contribution in [3.8, 4) is 16.9 Å². The van der Waals surface area contributed by atoms with Gasteiger partial charge in [0.05, 0.1) is 21.7 Å². The van der Waals surface area contributed by atoms with Crippen LogP contribution in [0, 0.1) is 11.6 Å². The number of benzene rings is 2. The number of fused-ring (bicyclic) bond motifs is 1. The summed E-state index contributed by atoms with van der Waals surface area (Å²) in [5, 5.41) is 3.23. The molecule has 2 aromatic carbocycles. The van der Waals surface area contributed by atoms with Crippen molar-refractivity contribution in [1.29, 1.82) is 0 Å². The van der Waals surface area contributed by atoms with Crippen molar-refractivity contribution in [3.05, 3.63) is 76.2 Å². The minimum Gasteiger partial charge on any atom is -0.494 e. The molecule has 1 saturated carbocycles. The molecule has 2 aromatic heterocycles. The third kappa shape index (κ3) is 5.62. The van der Waals surface area contributed by atoms with E-state index in [2.05, 4.69) is 15.3 Å². The zero-order valence-corrected chi connectivity index (χ0v) is 23.3. The minimum atomic E-state index is -0.649. The second-order valence-electron chi connectivity index (χ2n) is 9.59. The molecular formula is C29H29ClF2N4O2S. The maximum absolute atomic E-state index is 14.6. The highest BCUT2D eigenvalue weighted by atomic mass is 35.5. The summed E-state index contributed by atoms with van der Waals surface area (Å²) >= 11 is 7.45. The predicted molar refractivity (Wildman–Crippen MR) is 150 cm³/mol. The van der Waals surface area contributed by atoms with Crippen LogP contribution in [-0.4, -0.2) is 46.5 Å². The molecule has 1 amide bonds. The van der Waals surface area contributed by atoms with Gasteiger partial charge in [-0.15, -0.1) is 11.3 Å². The van der Waals surface area contributed by atoms with E-state index in [9.17, 15) is 13.6 Å². The molecule has 39 heavy (non-hydrogen) atoms. The van der Waals surface area contributed by atoms with E-state index < -0.39 is 11.6 Å². The third-order valence-corrected chi connectivity index (χ3v) is 8.95. The van der Waals surface area contributed by atoms with Gasteiger partial charge >= 0.3 is 0 Å². The number of nitrogens with one attached hydrogen (secondary N) is 1. The average molecular weight is 571 g/mol. The van der Waals surface area contributed by atoms with Crippen LogP contribution in [0.3, 0.4) is 0 Å².